The average molecular weight is 459 g/mol. The molecule has 4 atom stereocenters. The molecular formula is C22H32ClFN2O5. The predicted molar refractivity (Wildman–Crippen MR) is 115 cm³/mol. The molecule has 3 N–H and O–H groups in total. The van der Waals surface area contributed by atoms with E-state index in [1.165, 1.54) is 11.0 Å². The van der Waals surface area contributed by atoms with E-state index in [0.29, 0.717) is 5.56 Å². The predicted octanol–water partition coefficient (Wildman–Crippen LogP) is 2.98. The minimum absolute atomic E-state index is 0.119. The van der Waals surface area contributed by atoms with Crippen molar-refractivity contribution in [2.45, 2.75) is 58.8 Å². The topological polar surface area (TPSA) is 99.1 Å². The lowest BCUT2D eigenvalue weighted by Crippen LogP contribution is -2.60. The van der Waals surface area contributed by atoms with Gasteiger partial charge in [-0.2, -0.15) is 0 Å². The number of nitrogens with zero attached hydrogens (tertiary/aromatic N) is 1. The Kier molecular flexibility index (Phi) is 7.61. The van der Waals surface area contributed by atoms with Crippen LogP contribution in [0.25, 0.3) is 0 Å². The SMILES string of the molecule is Cc1cc(Cl)cc(F)c1C1(O)[C@H](C)CN(C(=O)[C@@H](CO)NC(=O)OC(C)(C)C)C[C@@H]1C. The van der Waals surface area contributed by atoms with Crippen LogP contribution in [-0.2, 0) is 15.1 Å². The lowest BCUT2D eigenvalue weighted by Gasteiger charge is -2.49. The third-order valence-electron chi connectivity index (χ3n) is 5.63. The molecule has 0 bridgehead atoms. The molecule has 9 heteroatoms. The monoisotopic (exact) mass is 458 g/mol. The van der Waals surface area contributed by atoms with Crippen molar-refractivity contribution < 1.29 is 28.9 Å². The molecule has 0 radical (unpaired) electrons. The van der Waals surface area contributed by atoms with Crippen molar-refractivity contribution in [2.24, 2.45) is 11.8 Å². The Hall–Kier alpha value is -1.90. The summed E-state index contributed by atoms with van der Waals surface area (Å²) in [5, 5.41) is 23.8. The first-order valence-corrected chi connectivity index (χ1v) is 10.7. The van der Waals surface area contributed by atoms with Crippen molar-refractivity contribution in [3.63, 3.8) is 0 Å². The molecule has 0 saturated carbocycles. The summed E-state index contributed by atoms with van der Waals surface area (Å²) < 4.78 is 19.9. The number of aliphatic hydroxyl groups is 2. The van der Waals surface area contributed by atoms with Crippen molar-refractivity contribution >= 4 is 23.6 Å². The number of carbonyl (C=O) groups is 2. The molecule has 174 valence electrons. The first-order chi connectivity index (χ1) is 14.2. The average Bonchev–Trinajstić information content (AvgIpc) is 2.61. The molecule has 1 saturated heterocycles. The molecule has 1 heterocycles. The molecule has 0 spiro atoms. The van der Waals surface area contributed by atoms with E-state index in [0.717, 1.165) is 0 Å². The Balaban J connectivity index is 2.22. The number of carbonyl (C=O) groups excluding carboxylic acids is 2. The molecule has 7 nitrogen and oxygen atoms in total. The molecule has 1 unspecified atom stereocenters. The van der Waals surface area contributed by atoms with Gasteiger partial charge in [-0.3, -0.25) is 4.79 Å². The van der Waals surface area contributed by atoms with Gasteiger partial charge in [0, 0.05) is 35.5 Å². The molecule has 1 aromatic carbocycles. The standard InChI is InChI=1S/C22H32ClFN2O5/c1-12-7-15(23)8-16(24)18(12)22(30)13(2)9-26(10-14(22)3)19(28)17(11-27)25-20(29)31-21(4,5)6/h7-8,13-14,17,27,30H,9-11H2,1-6H3,(H,25,29)/t13-,14+,17-,22?/m1/s1. The highest BCUT2D eigenvalue weighted by molar-refractivity contribution is 6.30. The van der Waals surface area contributed by atoms with Crippen LogP contribution in [0.4, 0.5) is 9.18 Å². The van der Waals surface area contributed by atoms with E-state index in [4.69, 9.17) is 16.3 Å². The highest BCUT2D eigenvalue weighted by atomic mass is 35.5. The molecule has 2 rings (SSSR count). The van der Waals surface area contributed by atoms with Crippen molar-refractivity contribution in [1.29, 1.82) is 0 Å². The highest BCUT2D eigenvalue weighted by Gasteiger charge is 2.49. The number of aliphatic hydroxyl groups excluding tert-OH is 1. The maximum atomic E-state index is 14.8. The zero-order valence-corrected chi connectivity index (χ0v) is 19.6. The number of ether oxygens (including phenoxy) is 1. The van der Waals surface area contributed by atoms with Gasteiger partial charge < -0.3 is 25.2 Å². The van der Waals surface area contributed by atoms with Crippen LogP contribution < -0.4 is 5.32 Å². The van der Waals surface area contributed by atoms with E-state index in [1.54, 1.807) is 47.6 Å². The van der Waals surface area contributed by atoms with Crippen LogP contribution in [0.5, 0.6) is 0 Å². The third kappa shape index (κ3) is 5.48. The van der Waals surface area contributed by atoms with Crippen LogP contribution in [-0.4, -0.2) is 58.5 Å². The Labute approximate surface area is 187 Å². The van der Waals surface area contributed by atoms with E-state index in [2.05, 4.69) is 5.32 Å². The van der Waals surface area contributed by atoms with Gasteiger partial charge in [0.25, 0.3) is 0 Å². The summed E-state index contributed by atoms with van der Waals surface area (Å²) in [6, 6.07) is 1.58. The van der Waals surface area contributed by atoms with Gasteiger partial charge in [-0.25, -0.2) is 9.18 Å². The van der Waals surface area contributed by atoms with E-state index in [1.807, 2.05) is 0 Å². The molecule has 1 aliphatic heterocycles. The summed E-state index contributed by atoms with van der Waals surface area (Å²) in [4.78, 5) is 26.5. The molecular weight excluding hydrogens is 427 g/mol. The van der Waals surface area contributed by atoms with E-state index >= 15 is 0 Å². The maximum Gasteiger partial charge on any atom is 0.408 e. The number of halogens is 2. The van der Waals surface area contributed by atoms with Crippen molar-refractivity contribution in [2.75, 3.05) is 19.7 Å². The number of benzene rings is 1. The van der Waals surface area contributed by atoms with Crippen LogP contribution in [0.15, 0.2) is 12.1 Å². The first kappa shape index (κ1) is 25.4. The van der Waals surface area contributed by atoms with Gasteiger partial charge in [-0.15, -0.1) is 0 Å². The van der Waals surface area contributed by atoms with Crippen LogP contribution in [0, 0.1) is 24.6 Å². The van der Waals surface area contributed by atoms with Crippen LogP contribution in [0.3, 0.4) is 0 Å². The fourth-order valence-electron chi connectivity index (χ4n) is 4.24. The lowest BCUT2D eigenvalue weighted by molar-refractivity contribution is -0.152. The normalized spacial score (nSPS) is 25.2. The summed E-state index contributed by atoms with van der Waals surface area (Å²) >= 11 is 5.93. The number of aryl methyl sites for hydroxylation is 1. The zero-order chi connectivity index (χ0) is 23.7. The highest BCUT2D eigenvalue weighted by Crippen LogP contribution is 2.44. The molecule has 1 fully saturated rings. The summed E-state index contributed by atoms with van der Waals surface area (Å²) in [5.41, 5.74) is -1.55. The fraction of sp³-hybridized carbons (Fsp3) is 0.636. The molecule has 31 heavy (non-hydrogen) atoms. The van der Waals surface area contributed by atoms with E-state index in [9.17, 15) is 24.2 Å². The molecule has 0 aromatic heterocycles. The molecule has 1 aliphatic rings. The summed E-state index contributed by atoms with van der Waals surface area (Å²) in [7, 11) is 0. The second-order valence-corrected chi connectivity index (χ2v) is 9.77. The number of hydrogen-bond donors (Lipinski definition) is 3. The summed E-state index contributed by atoms with van der Waals surface area (Å²) in [6.45, 7) is 9.86. The van der Waals surface area contributed by atoms with Crippen LogP contribution in [0.1, 0.15) is 45.7 Å². The van der Waals surface area contributed by atoms with Gasteiger partial charge in [-0.05, 0) is 45.4 Å². The molecule has 1 aromatic rings. The van der Waals surface area contributed by atoms with Crippen LogP contribution in [0.2, 0.25) is 5.02 Å². The number of nitrogens with one attached hydrogen (secondary N) is 1. The lowest BCUT2D eigenvalue weighted by atomic mass is 9.69. The van der Waals surface area contributed by atoms with Gasteiger partial charge in [0.1, 0.15) is 23.1 Å². The Morgan fingerprint density at radius 2 is 1.87 bits per heavy atom. The smallest absolute Gasteiger partial charge is 0.408 e. The van der Waals surface area contributed by atoms with Gasteiger partial charge in [0.2, 0.25) is 5.91 Å². The Morgan fingerprint density at radius 3 is 2.32 bits per heavy atom. The van der Waals surface area contributed by atoms with Crippen molar-refractivity contribution in [3.05, 3.63) is 34.1 Å². The fourth-order valence-corrected chi connectivity index (χ4v) is 4.50. The number of hydrogen-bond acceptors (Lipinski definition) is 5. The quantitative estimate of drug-likeness (QED) is 0.644. The number of likely N-dealkylation sites (tertiary alicyclic amines) is 1. The van der Waals surface area contributed by atoms with Crippen LogP contribution >= 0.6 is 11.6 Å². The number of piperidine rings is 1. The maximum absolute atomic E-state index is 14.8. The minimum Gasteiger partial charge on any atom is -0.444 e. The van der Waals surface area contributed by atoms with E-state index in [-0.39, 0.29) is 23.7 Å². The van der Waals surface area contributed by atoms with Crippen molar-refractivity contribution in [1.82, 2.24) is 10.2 Å². The number of rotatable bonds is 4. The Bertz CT molecular complexity index is 807. The van der Waals surface area contributed by atoms with Gasteiger partial charge in [0.15, 0.2) is 0 Å². The summed E-state index contributed by atoms with van der Waals surface area (Å²) in [6.07, 6.45) is -0.812. The second-order valence-electron chi connectivity index (χ2n) is 9.33. The molecule has 0 aliphatic carbocycles. The minimum atomic E-state index is -1.51. The largest absolute Gasteiger partial charge is 0.444 e. The summed E-state index contributed by atoms with van der Waals surface area (Å²) in [5.74, 6) is -2.13. The van der Waals surface area contributed by atoms with Gasteiger partial charge >= 0.3 is 6.09 Å². The van der Waals surface area contributed by atoms with Crippen molar-refractivity contribution in [3.8, 4) is 0 Å². The number of amides is 2. The van der Waals surface area contributed by atoms with Gasteiger partial charge in [-0.1, -0.05) is 25.4 Å². The van der Waals surface area contributed by atoms with E-state index < -0.39 is 53.5 Å². The van der Waals surface area contributed by atoms with Gasteiger partial charge in [0.05, 0.1) is 6.61 Å². The third-order valence-corrected chi connectivity index (χ3v) is 5.85. The Morgan fingerprint density at radius 1 is 1.32 bits per heavy atom. The second kappa shape index (κ2) is 9.30. The first-order valence-electron chi connectivity index (χ1n) is 10.3. The zero-order valence-electron chi connectivity index (χ0n) is 18.8. The molecule has 2 amide bonds. The number of alkyl carbamates (subject to hydrolysis) is 1.